The summed E-state index contributed by atoms with van der Waals surface area (Å²) < 4.78 is 1.89. The first-order valence-corrected chi connectivity index (χ1v) is 11.1. The lowest BCUT2D eigenvalue weighted by atomic mass is 9.97. The van der Waals surface area contributed by atoms with E-state index >= 15 is 0 Å². The minimum atomic E-state index is -0.409. The number of aliphatic hydroxyl groups is 1. The Morgan fingerprint density at radius 3 is 2.73 bits per heavy atom. The number of hydrogen-bond donors (Lipinski definition) is 1. The van der Waals surface area contributed by atoms with Gasteiger partial charge in [0.2, 0.25) is 11.8 Å². The molecule has 2 aliphatic rings. The largest absolute Gasteiger partial charge is 0.391 e. The van der Waals surface area contributed by atoms with Gasteiger partial charge in [0.15, 0.2) is 5.16 Å². The highest BCUT2D eigenvalue weighted by atomic mass is 32.2. The summed E-state index contributed by atoms with van der Waals surface area (Å²) in [6, 6.07) is 8.08. The summed E-state index contributed by atoms with van der Waals surface area (Å²) in [5.74, 6) is -0.0214. The van der Waals surface area contributed by atoms with Gasteiger partial charge in [-0.1, -0.05) is 36.0 Å². The number of hydrogen-bond acceptors (Lipinski definition) is 6. The number of amides is 2. The molecule has 2 saturated heterocycles. The first kappa shape index (κ1) is 20.9. The minimum Gasteiger partial charge on any atom is -0.391 e. The molecule has 0 spiro atoms. The van der Waals surface area contributed by atoms with Crippen LogP contribution in [0.5, 0.6) is 0 Å². The maximum Gasteiger partial charge on any atom is 0.229 e. The molecule has 9 heteroatoms. The summed E-state index contributed by atoms with van der Waals surface area (Å²) in [5.41, 5.74) is 2.11. The van der Waals surface area contributed by atoms with E-state index in [1.165, 1.54) is 0 Å². The van der Waals surface area contributed by atoms with Crippen LogP contribution in [0.2, 0.25) is 0 Å². The van der Waals surface area contributed by atoms with Crippen molar-refractivity contribution in [2.45, 2.75) is 36.3 Å². The Labute approximate surface area is 180 Å². The van der Waals surface area contributed by atoms with Gasteiger partial charge in [-0.2, -0.15) is 0 Å². The van der Waals surface area contributed by atoms with Gasteiger partial charge in [0.05, 0.1) is 18.4 Å². The lowest BCUT2D eigenvalue weighted by Crippen LogP contribution is -2.56. The summed E-state index contributed by atoms with van der Waals surface area (Å²) in [5, 5.41) is 18.7. The van der Waals surface area contributed by atoms with E-state index in [9.17, 15) is 14.7 Å². The molecule has 1 aromatic heterocycles. The van der Waals surface area contributed by atoms with Crippen molar-refractivity contribution in [1.82, 2.24) is 24.6 Å². The maximum absolute atomic E-state index is 12.7. The van der Waals surface area contributed by atoms with Crippen molar-refractivity contribution in [2.24, 2.45) is 13.0 Å². The number of β-amino-alcohol motifs (C(OH)–C–C–N with tert-alkyl or cyclic N) is 1. The van der Waals surface area contributed by atoms with Gasteiger partial charge in [-0.25, -0.2) is 0 Å². The minimum absolute atomic E-state index is 0.0475. The highest BCUT2D eigenvalue weighted by Gasteiger charge is 2.39. The molecule has 0 radical (unpaired) electrons. The zero-order valence-electron chi connectivity index (χ0n) is 17.3. The van der Waals surface area contributed by atoms with E-state index in [-0.39, 0.29) is 23.0 Å². The molecule has 8 nitrogen and oxygen atoms in total. The van der Waals surface area contributed by atoms with Crippen molar-refractivity contribution in [3.8, 4) is 0 Å². The Morgan fingerprint density at radius 2 is 2.07 bits per heavy atom. The smallest absolute Gasteiger partial charge is 0.229 e. The van der Waals surface area contributed by atoms with E-state index in [2.05, 4.69) is 29.3 Å². The fourth-order valence-electron chi connectivity index (χ4n) is 3.89. The van der Waals surface area contributed by atoms with Crippen LogP contribution in [-0.4, -0.2) is 73.8 Å². The highest BCUT2D eigenvalue weighted by Crippen LogP contribution is 2.33. The molecule has 0 saturated carbocycles. The van der Waals surface area contributed by atoms with Crippen LogP contribution < -0.4 is 0 Å². The van der Waals surface area contributed by atoms with Gasteiger partial charge in [0.1, 0.15) is 6.33 Å². The summed E-state index contributed by atoms with van der Waals surface area (Å²) in [6.07, 6.45) is 2.25. The summed E-state index contributed by atoms with van der Waals surface area (Å²) >= 11 is 1.63. The molecule has 30 heavy (non-hydrogen) atoms. The Morgan fingerprint density at radius 1 is 1.27 bits per heavy atom. The molecule has 0 aliphatic carbocycles. The standard InChI is InChI=1S/C21H27N5O3S/c1-14(30-21-23-22-13-24(21)2)16-5-3-4-15(8-16)9-19(28)26-10-17(11-26)20(29)25-7-6-18(27)12-25/h3-5,8,13-14,17-18,27H,6-7,9-12H2,1-2H3/t14-,18?/m0/s1. The number of thioether (sulfide) groups is 1. The van der Waals surface area contributed by atoms with E-state index in [1.54, 1.807) is 27.9 Å². The normalized spacial score (nSPS) is 20.3. The van der Waals surface area contributed by atoms with E-state index in [0.717, 1.165) is 16.3 Å². The number of carbonyl (C=O) groups is 2. The number of aliphatic hydroxyl groups excluding tert-OH is 1. The van der Waals surface area contributed by atoms with Crippen LogP contribution in [0.25, 0.3) is 0 Å². The Hall–Kier alpha value is -2.39. The van der Waals surface area contributed by atoms with Crippen molar-refractivity contribution in [2.75, 3.05) is 26.2 Å². The number of aromatic nitrogens is 3. The molecule has 2 aliphatic heterocycles. The third kappa shape index (κ3) is 4.52. The van der Waals surface area contributed by atoms with Crippen LogP contribution in [0.15, 0.2) is 35.7 Å². The van der Waals surface area contributed by atoms with Crippen molar-refractivity contribution >= 4 is 23.6 Å². The first-order valence-electron chi connectivity index (χ1n) is 10.2. The molecule has 0 bridgehead atoms. The predicted molar refractivity (Wildman–Crippen MR) is 113 cm³/mol. The SMILES string of the molecule is C[C@H](Sc1nncn1C)c1cccc(CC(=O)N2CC(C(=O)N3CCC(O)C3)C2)c1. The summed E-state index contributed by atoms with van der Waals surface area (Å²) in [4.78, 5) is 28.6. The fraction of sp³-hybridized carbons (Fsp3) is 0.524. The van der Waals surface area contributed by atoms with Gasteiger partial charge < -0.3 is 19.5 Å². The average molecular weight is 430 g/mol. The molecule has 2 fully saturated rings. The van der Waals surface area contributed by atoms with Crippen LogP contribution in [0.1, 0.15) is 29.7 Å². The second kappa shape index (κ2) is 8.77. The molecule has 4 rings (SSSR count). The molecule has 3 heterocycles. The van der Waals surface area contributed by atoms with Crippen LogP contribution >= 0.6 is 11.8 Å². The molecular weight excluding hydrogens is 402 g/mol. The second-order valence-electron chi connectivity index (χ2n) is 8.13. The number of aryl methyl sites for hydroxylation is 1. The molecular formula is C21H27N5O3S. The Bertz CT molecular complexity index is 927. The van der Waals surface area contributed by atoms with Gasteiger partial charge in [-0.15, -0.1) is 10.2 Å². The molecule has 160 valence electrons. The average Bonchev–Trinajstić information content (AvgIpc) is 3.29. The van der Waals surface area contributed by atoms with Crippen molar-refractivity contribution in [3.63, 3.8) is 0 Å². The lowest BCUT2D eigenvalue weighted by molar-refractivity contribution is -0.147. The molecule has 2 aromatic rings. The number of rotatable bonds is 6. The first-order chi connectivity index (χ1) is 14.4. The topological polar surface area (TPSA) is 91.6 Å². The molecule has 1 unspecified atom stereocenters. The maximum atomic E-state index is 12.7. The second-order valence-corrected chi connectivity index (χ2v) is 9.44. The van der Waals surface area contributed by atoms with E-state index in [0.29, 0.717) is 39.0 Å². The van der Waals surface area contributed by atoms with Gasteiger partial charge in [0.25, 0.3) is 0 Å². The number of nitrogens with zero attached hydrogens (tertiary/aromatic N) is 5. The zero-order chi connectivity index (χ0) is 21.3. The van der Waals surface area contributed by atoms with Crippen LogP contribution in [0.3, 0.4) is 0 Å². The quantitative estimate of drug-likeness (QED) is 0.696. The summed E-state index contributed by atoms with van der Waals surface area (Å²) in [7, 11) is 1.92. The fourth-order valence-corrected chi connectivity index (χ4v) is 4.79. The van der Waals surface area contributed by atoms with Gasteiger partial charge in [-0.3, -0.25) is 9.59 Å². The van der Waals surface area contributed by atoms with Crippen molar-refractivity contribution < 1.29 is 14.7 Å². The Kier molecular flexibility index (Phi) is 6.10. The van der Waals surface area contributed by atoms with E-state index in [4.69, 9.17) is 0 Å². The van der Waals surface area contributed by atoms with Crippen LogP contribution in [0.4, 0.5) is 0 Å². The van der Waals surface area contributed by atoms with E-state index in [1.807, 2.05) is 23.7 Å². The summed E-state index contributed by atoms with van der Waals surface area (Å²) in [6.45, 7) is 4.09. The van der Waals surface area contributed by atoms with E-state index < -0.39 is 6.10 Å². The zero-order valence-corrected chi connectivity index (χ0v) is 18.1. The van der Waals surface area contributed by atoms with Crippen molar-refractivity contribution in [3.05, 3.63) is 41.7 Å². The molecule has 1 N–H and O–H groups in total. The van der Waals surface area contributed by atoms with Gasteiger partial charge in [0, 0.05) is 38.5 Å². The predicted octanol–water partition coefficient (Wildman–Crippen LogP) is 1.26. The van der Waals surface area contributed by atoms with Crippen molar-refractivity contribution in [1.29, 1.82) is 0 Å². The molecule has 1 aromatic carbocycles. The third-order valence-electron chi connectivity index (χ3n) is 5.79. The lowest BCUT2D eigenvalue weighted by Gasteiger charge is -2.40. The number of carbonyl (C=O) groups excluding carboxylic acids is 2. The van der Waals surface area contributed by atoms with Gasteiger partial charge >= 0.3 is 0 Å². The molecule has 2 atom stereocenters. The third-order valence-corrected chi connectivity index (χ3v) is 6.99. The number of likely N-dealkylation sites (tertiary alicyclic amines) is 2. The number of benzene rings is 1. The highest BCUT2D eigenvalue weighted by molar-refractivity contribution is 7.99. The van der Waals surface area contributed by atoms with Crippen LogP contribution in [-0.2, 0) is 23.1 Å². The van der Waals surface area contributed by atoms with Gasteiger partial charge in [-0.05, 0) is 24.5 Å². The van der Waals surface area contributed by atoms with Crippen LogP contribution in [0, 0.1) is 5.92 Å². The monoisotopic (exact) mass is 429 g/mol. The molecule has 2 amide bonds. The Balaban J connectivity index is 1.29.